The van der Waals surface area contributed by atoms with E-state index in [1.54, 1.807) is 6.07 Å². The SMILES string of the molecule is CCCN(CCc1cccc(F)c1)C(=O)C(N)C1CCOCC1.Cl. The summed E-state index contributed by atoms with van der Waals surface area (Å²) in [4.78, 5) is 14.5. The van der Waals surface area contributed by atoms with Gasteiger partial charge in [0.1, 0.15) is 5.82 Å². The molecule has 1 atom stereocenters. The van der Waals surface area contributed by atoms with Crippen molar-refractivity contribution < 1.29 is 13.9 Å². The van der Waals surface area contributed by atoms with Gasteiger partial charge in [-0.2, -0.15) is 0 Å². The van der Waals surface area contributed by atoms with Crippen LogP contribution in [0, 0.1) is 11.7 Å². The Bertz CT molecular complexity index is 510. The summed E-state index contributed by atoms with van der Waals surface area (Å²) < 4.78 is 18.6. The van der Waals surface area contributed by atoms with Crippen molar-refractivity contribution in [1.82, 2.24) is 4.90 Å². The summed E-state index contributed by atoms with van der Waals surface area (Å²) in [7, 11) is 0. The highest BCUT2D eigenvalue weighted by Gasteiger charge is 2.29. The van der Waals surface area contributed by atoms with Gasteiger partial charge in [-0.05, 0) is 49.3 Å². The van der Waals surface area contributed by atoms with Crippen LogP contribution in [0.4, 0.5) is 4.39 Å². The maximum absolute atomic E-state index is 13.3. The molecule has 1 heterocycles. The number of hydrogen-bond donors (Lipinski definition) is 1. The molecule has 136 valence electrons. The summed E-state index contributed by atoms with van der Waals surface area (Å²) >= 11 is 0. The molecule has 4 nitrogen and oxygen atoms in total. The van der Waals surface area contributed by atoms with Crippen LogP contribution < -0.4 is 5.73 Å². The van der Waals surface area contributed by atoms with Crippen molar-refractivity contribution >= 4 is 18.3 Å². The fraction of sp³-hybridized carbons (Fsp3) is 0.611. The lowest BCUT2D eigenvalue weighted by molar-refractivity contribution is -0.134. The van der Waals surface area contributed by atoms with E-state index in [0.717, 1.165) is 24.8 Å². The molecule has 2 rings (SSSR count). The molecule has 1 aromatic rings. The number of carbonyl (C=O) groups is 1. The quantitative estimate of drug-likeness (QED) is 0.815. The van der Waals surface area contributed by atoms with Crippen molar-refractivity contribution in [1.29, 1.82) is 0 Å². The van der Waals surface area contributed by atoms with Gasteiger partial charge in [-0.15, -0.1) is 12.4 Å². The second kappa shape index (κ2) is 10.6. The average molecular weight is 359 g/mol. The number of carbonyl (C=O) groups excluding carboxylic acids is 1. The lowest BCUT2D eigenvalue weighted by atomic mass is 9.91. The Morgan fingerprint density at radius 3 is 2.71 bits per heavy atom. The number of halogens is 2. The summed E-state index contributed by atoms with van der Waals surface area (Å²) in [5.41, 5.74) is 7.11. The lowest BCUT2D eigenvalue weighted by Gasteiger charge is -2.31. The van der Waals surface area contributed by atoms with Gasteiger partial charge in [0, 0.05) is 26.3 Å². The molecule has 1 aliphatic rings. The van der Waals surface area contributed by atoms with Gasteiger partial charge >= 0.3 is 0 Å². The maximum Gasteiger partial charge on any atom is 0.239 e. The van der Waals surface area contributed by atoms with Crippen LogP contribution in [-0.2, 0) is 16.0 Å². The molecule has 1 saturated heterocycles. The van der Waals surface area contributed by atoms with E-state index in [1.165, 1.54) is 12.1 Å². The van der Waals surface area contributed by atoms with Crippen molar-refractivity contribution in [3.63, 3.8) is 0 Å². The van der Waals surface area contributed by atoms with Crippen LogP contribution in [0.3, 0.4) is 0 Å². The molecule has 1 aromatic carbocycles. The number of nitrogens with zero attached hydrogens (tertiary/aromatic N) is 1. The van der Waals surface area contributed by atoms with E-state index >= 15 is 0 Å². The minimum Gasteiger partial charge on any atom is -0.381 e. The van der Waals surface area contributed by atoms with Gasteiger partial charge in [-0.1, -0.05) is 19.1 Å². The normalized spacial score (nSPS) is 16.3. The summed E-state index contributed by atoms with van der Waals surface area (Å²) in [5.74, 6) is -0.0327. The molecule has 1 fully saturated rings. The van der Waals surface area contributed by atoms with Gasteiger partial charge in [-0.3, -0.25) is 4.79 Å². The Kier molecular flexibility index (Phi) is 9.26. The van der Waals surface area contributed by atoms with E-state index in [2.05, 4.69) is 0 Å². The van der Waals surface area contributed by atoms with Crippen LogP contribution in [0.2, 0.25) is 0 Å². The Morgan fingerprint density at radius 1 is 1.38 bits per heavy atom. The molecule has 0 saturated carbocycles. The van der Waals surface area contributed by atoms with E-state index in [9.17, 15) is 9.18 Å². The molecule has 0 aromatic heterocycles. The van der Waals surface area contributed by atoms with Crippen LogP contribution in [0.1, 0.15) is 31.7 Å². The topological polar surface area (TPSA) is 55.6 Å². The highest BCUT2D eigenvalue weighted by Crippen LogP contribution is 2.19. The van der Waals surface area contributed by atoms with Crippen LogP contribution in [0.25, 0.3) is 0 Å². The fourth-order valence-corrected chi connectivity index (χ4v) is 3.05. The number of nitrogens with two attached hydrogens (primary N) is 1. The molecule has 0 radical (unpaired) electrons. The summed E-state index contributed by atoms with van der Waals surface area (Å²) in [6.07, 6.45) is 3.22. The smallest absolute Gasteiger partial charge is 0.239 e. The molecule has 2 N–H and O–H groups in total. The van der Waals surface area contributed by atoms with E-state index in [-0.39, 0.29) is 30.0 Å². The summed E-state index contributed by atoms with van der Waals surface area (Å²) in [6.45, 7) is 4.67. The molecule has 1 amide bonds. The number of hydrogen-bond acceptors (Lipinski definition) is 3. The van der Waals surface area contributed by atoms with Crippen molar-refractivity contribution in [3.05, 3.63) is 35.6 Å². The molecular weight excluding hydrogens is 331 g/mol. The third-order valence-corrected chi connectivity index (χ3v) is 4.42. The highest BCUT2D eigenvalue weighted by molar-refractivity contribution is 5.85. The van der Waals surface area contributed by atoms with Gasteiger partial charge in [0.2, 0.25) is 5.91 Å². The molecule has 6 heteroatoms. The van der Waals surface area contributed by atoms with Crippen molar-refractivity contribution in [2.45, 2.75) is 38.6 Å². The first-order valence-corrected chi connectivity index (χ1v) is 8.48. The first kappa shape index (κ1) is 20.9. The zero-order chi connectivity index (χ0) is 16.7. The van der Waals surface area contributed by atoms with E-state index < -0.39 is 6.04 Å². The Balaban J connectivity index is 0.00000288. The minimum absolute atomic E-state index is 0. The van der Waals surface area contributed by atoms with Crippen molar-refractivity contribution in [2.24, 2.45) is 11.7 Å². The molecule has 0 spiro atoms. The first-order chi connectivity index (χ1) is 11.1. The maximum atomic E-state index is 13.3. The Labute approximate surface area is 149 Å². The van der Waals surface area contributed by atoms with Crippen LogP contribution in [0.5, 0.6) is 0 Å². The zero-order valence-corrected chi connectivity index (χ0v) is 15.1. The Morgan fingerprint density at radius 2 is 2.08 bits per heavy atom. The van der Waals surface area contributed by atoms with Gasteiger partial charge in [0.05, 0.1) is 6.04 Å². The van der Waals surface area contributed by atoms with Gasteiger partial charge < -0.3 is 15.4 Å². The predicted molar refractivity (Wildman–Crippen MR) is 95.7 cm³/mol. The summed E-state index contributed by atoms with van der Waals surface area (Å²) in [6, 6.07) is 6.07. The van der Waals surface area contributed by atoms with Crippen LogP contribution >= 0.6 is 12.4 Å². The highest BCUT2D eigenvalue weighted by atomic mass is 35.5. The van der Waals surface area contributed by atoms with Crippen molar-refractivity contribution in [3.8, 4) is 0 Å². The average Bonchev–Trinajstić information content (AvgIpc) is 2.58. The molecule has 0 aliphatic carbocycles. The molecule has 1 aliphatic heterocycles. The Hall–Kier alpha value is -1.17. The van der Waals surface area contributed by atoms with Gasteiger partial charge in [0.25, 0.3) is 0 Å². The van der Waals surface area contributed by atoms with E-state index in [1.807, 2.05) is 17.9 Å². The number of amides is 1. The third kappa shape index (κ3) is 6.04. The standard InChI is InChI=1S/C18H27FN2O2.ClH/c1-2-9-21(10-6-14-4-3-5-16(19)13-14)18(22)17(20)15-7-11-23-12-8-15;/h3-5,13,15,17H,2,6-12,20H2,1H3;1H. The molecular formula is C18H28ClFN2O2. The van der Waals surface area contributed by atoms with E-state index in [0.29, 0.717) is 32.7 Å². The molecule has 24 heavy (non-hydrogen) atoms. The van der Waals surface area contributed by atoms with Crippen LogP contribution in [0.15, 0.2) is 24.3 Å². The van der Waals surface area contributed by atoms with E-state index in [4.69, 9.17) is 10.5 Å². The minimum atomic E-state index is -0.460. The third-order valence-electron chi connectivity index (χ3n) is 4.42. The number of rotatable bonds is 7. The molecule has 1 unspecified atom stereocenters. The second-order valence-electron chi connectivity index (χ2n) is 6.18. The van der Waals surface area contributed by atoms with Gasteiger partial charge in [0.15, 0.2) is 0 Å². The molecule has 0 bridgehead atoms. The predicted octanol–water partition coefficient (Wildman–Crippen LogP) is 2.78. The summed E-state index contributed by atoms with van der Waals surface area (Å²) in [5, 5.41) is 0. The monoisotopic (exact) mass is 358 g/mol. The fourth-order valence-electron chi connectivity index (χ4n) is 3.05. The number of ether oxygens (including phenoxy) is 1. The van der Waals surface area contributed by atoms with Crippen molar-refractivity contribution in [2.75, 3.05) is 26.3 Å². The van der Waals surface area contributed by atoms with Crippen LogP contribution in [-0.4, -0.2) is 43.2 Å². The largest absolute Gasteiger partial charge is 0.381 e. The van der Waals surface area contributed by atoms with Gasteiger partial charge in [-0.25, -0.2) is 4.39 Å². The lowest BCUT2D eigenvalue weighted by Crippen LogP contribution is -2.49. The second-order valence-corrected chi connectivity index (χ2v) is 6.18. The number of benzene rings is 1. The zero-order valence-electron chi connectivity index (χ0n) is 14.2. The first-order valence-electron chi connectivity index (χ1n) is 8.48.